The van der Waals surface area contributed by atoms with Gasteiger partial charge in [0.25, 0.3) is 5.91 Å². The second-order valence-electron chi connectivity index (χ2n) is 5.33. The molecule has 0 saturated carbocycles. The van der Waals surface area contributed by atoms with Gasteiger partial charge in [-0.2, -0.15) is 13.2 Å². The summed E-state index contributed by atoms with van der Waals surface area (Å²) in [6.45, 7) is 1.35. The minimum Gasteiger partial charge on any atom is -0.484 e. The van der Waals surface area contributed by atoms with Gasteiger partial charge in [-0.15, -0.1) is 0 Å². The molecule has 0 unspecified atom stereocenters. The molecule has 0 radical (unpaired) electrons. The Hall–Kier alpha value is -2.54. The summed E-state index contributed by atoms with van der Waals surface area (Å²) in [5.74, 6) is -0.286. The summed E-state index contributed by atoms with van der Waals surface area (Å²) in [6.07, 6.45) is -4.24. The number of anilines is 1. The average Bonchev–Trinajstić information content (AvgIpc) is 2.60. The molecule has 0 aliphatic carbocycles. The zero-order valence-electron chi connectivity index (χ0n) is 13.7. The number of hydrogen-bond donors (Lipinski definition) is 1. The largest absolute Gasteiger partial charge is 0.484 e. The summed E-state index contributed by atoms with van der Waals surface area (Å²) in [6, 6.07) is 9.32. The Kier molecular flexibility index (Phi) is 6.26. The van der Waals surface area contributed by atoms with Gasteiger partial charge in [-0.05, 0) is 42.5 Å². The van der Waals surface area contributed by atoms with Crippen molar-refractivity contribution in [2.24, 2.45) is 0 Å². The highest BCUT2D eigenvalue weighted by molar-refractivity contribution is 6.31. The van der Waals surface area contributed by atoms with Crippen molar-refractivity contribution < 1.29 is 27.5 Å². The lowest BCUT2D eigenvalue weighted by molar-refractivity contribution is -0.137. The summed E-state index contributed by atoms with van der Waals surface area (Å²) in [7, 11) is 0. The number of benzene rings is 2. The van der Waals surface area contributed by atoms with Crippen molar-refractivity contribution in [2.75, 3.05) is 11.9 Å². The first-order chi connectivity index (χ1) is 12.2. The van der Waals surface area contributed by atoms with Crippen LogP contribution in [0.4, 0.5) is 18.9 Å². The molecule has 8 heteroatoms. The number of halogens is 4. The van der Waals surface area contributed by atoms with E-state index >= 15 is 0 Å². The average molecular weight is 386 g/mol. The highest BCUT2D eigenvalue weighted by atomic mass is 35.5. The van der Waals surface area contributed by atoms with E-state index in [0.29, 0.717) is 17.7 Å². The van der Waals surface area contributed by atoms with E-state index in [1.165, 1.54) is 6.07 Å². The van der Waals surface area contributed by atoms with Crippen LogP contribution in [-0.2, 0) is 11.0 Å². The standard InChI is InChI=1S/C18H15ClF3NO3/c1-2-16(24)11-3-6-13(7-4-11)26-10-17(25)23-12-5-8-15(19)14(9-12)18(20,21)22/h3-9H,2,10H2,1H3,(H,23,25). The Bertz CT molecular complexity index is 804. The number of rotatable bonds is 6. The third kappa shape index (κ3) is 5.23. The molecule has 0 aromatic heterocycles. The van der Waals surface area contributed by atoms with Crippen LogP contribution in [0, 0.1) is 0 Å². The number of nitrogens with one attached hydrogen (secondary N) is 1. The Morgan fingerprint density at radius 3 is 2.35 bits per heavy atom. The van der Waals surface area contributed by atoms with Crippen molar-refractivity contribution in [2.45, 2.75) is 19.5 Å². The van der Waals surface area contributed by atoms with E-state index in [2.05, 4.69) is 5.32 Å². The molecular weight excluding hydrogens is 371 g/mol. The predicted octanol–water partition coefficient (Wildman–Crippen LogP) is 4.97. The number of amides is 1. The summed E-state index contributed by atoms with van der Waals surface area (Å²) >= 11 is 5.52. The maximum atomic E-state index is 12.8. The summed E-state index contributed by atoms with van der Waals surface area (Å²) < 4.78 is 43.7. The maximum Gasteiger partial charge on any atom is 0.417 e. The van der Waals surface area contributed by atoms with Crippen molar-refractivity contribution in [1.29, 1.82) is 0 Å². The first-order valence-electron chi connectivity index (χ1n) is 7.63. The topological polar surface area (TPSA) is 55.4 Å². The van der Waals surface area contributed by atoms with Gasteiger partial charge in [-0.25, -0.2) is 0 Å². The van der Waals surface area contributed by atoms with Gasteiger partial charge in [-0.1, -0.05) is 18.5 Å². The van der Waals surface area contributed by atoms with Crippen molar-refractivity contribution in [3.63, 3.8) is 0 Å². The maximum absolute atomic E-state index is 12.8. The quantitative estimate of drug-likeness (QED) is 0.714. The molecule has 0 saturated heterocycles. The number of carbonyl (C=O) groups is 2. The molecule has 4 nitrogen and oxygen atoms in total. The fourth-order valence-electron chi connectivity index (χ4n) is 2.11. The monoisotopic (exact) mass is 385 g/mol. The molecule has 0 aliphatic heterocycles. The van der Waals surface area contributed by atoms with Crippen LogP contribution in [0.15, 0.2) is 42.5 Å². The molecule has 26 heavy (non-hydrogen) atoms. The Morgan fingerprint density at radius 1 is 1.12 bits per heavy atom. The van der Waals surface area contributed by atoms with Crippen LogP contribution < -0.4 is 10.1 Å². The van der Waals surface area contributed by atoms with Crippen molar-refractivity contribution in [3.05, 3.63) is 58.6 Å². The Morgan fingerprint density at radius 2 is 1.77 bits per heavy atom. The van der Waals surface area contributed by atoms with E-state index in [-0.39, 0.29) is 11.5 Å². The summed E-state index contributed by atoms with van der Waals surface area (Å²) in [5.41, 5.74) is -0.543. The predicted molar refractivity (Wildman–Crippen MR) is 91.6 cm³/mol. The van der Waals surface area contributed by atoms with E-state index in [4.69, 9.17) is 16.3 Å². The molecule has 0 spiro atoms. The highest BCUT2D eigenvalue weighted by Gasteiger charge is 2.33. The molecule has 1 N–H and O–H groups in total. The first-order valence-corrected chi connectivity index (χ1v) is 8.01. The second-order valence-corrected chi connectivity index (χ2v) is 5.74. The number of carbonyl (C=O) groups excluding carboxylic acids is 2. The zero-order chi connectivity index (χ0) is 19.3. The summed E-state index contributed by atoms with van der Waals surface area (Å²) in [5, 5.41) is 1.86. The molecule has 0 aliphatic rings. The van der Waals surface area contributed by atoms with Crippen LogP contribution in [0.5, 0.6) is 5.75 Å². The molecule has 0 bridgehead atoms. The number of hydrogen-bond acceptors (Lipinski definition) is 3. The molecule has 2 aromatic rings. The van der Waals surface area contributed by atoms with Gasteiger partial charge >= 0.3 is 6.18 Å². The summed E-state index contributed by atoms with van der Waals surface area (Å²) in [4.78, 5) is 23.4. The van der Waals surface area contributed by atoms with Crippen LogP contribution >= 0.6 is 11.6 Å². The molecular formula is C18H15ClF3NO3. The minimum atomic E-state index is -4.62. The van der Waals surface area contributed by atoms with Crippen LogP contribution in [0.2, 0.25) is 5.02 Å². The molecule has 138 valence electrons. The van der Waals surface area contributed by atoms with Crippen molar-refractivity contribution in [1.82, 2.24) is 0 Å². The number of alkyl halides is 3. The van der Waals surface area contributed by atoms with Gasteiger partial charge in [0.2, 0.25) is 0 Å². The van der Waals surface area contributed by atoms with E-state index in [0.717, 1.165) is 12.1 Å². The van der Waals surface area contributed by atoms with E-state index in [1.807, 2.05) is 0 Å². The number of ketones is 1. The number of ether oxygens (including phenoxy) is 1. The lowest BCUT2D eigenvalue weighted by Crippen LogP contribution is -2.20. The SMILES string of the molecule is CCC(=O)c1ccc(OCC(=O)Nc2ccc(Cl)c(C(F)(F)F)c2)cc1. The third-order valence-electron chi connectivity index (χ3n) is 3.42. The first kappa shape index (κ1) is 19.8. The fraction of sp³-hybridized carbons (Fsp3) is 0.222. The van der Waals surface area contributed by atoms with Gasteiger partial charge in [0.05, 0.1) is 10.6 Å². The van der Waals surface area contributed by atoms with Gasteiger partial charge in [0.1, 0.15) is 5.75 Å². The lowest BCUT2D eigenvalue weighted by atomic mass is 10.1. The van der Waals surface area contributed by atoms with Crippen LogP contribution in [0.1, 0.15) is 29.3 Å². The van der Waals surface area contributed by atoms with Crippen LogP contribution in [-0.4, -0.2) is 18.3 Å². The van der Waals surface area contributed by atoms with Crippen LogP contribution in [0.3, 0.4) is 0 Å². The second kappa shape index (κ2) is 8.23. The normalized spacial score (nSPS) is 11.1. The zero-order valence-corrected chi connectivity index (χ0v) is 14.4. The van der Waals surface area contributed by atoms with Gasteiger partial charge < -0.3 is 10.1 Å². The smallest absolute Gasteiger partial charge is 0.417 e. The van der Waals surface area contributed by atoms with E-state index < -0.39 is 29.3 Å². The van der Waals surface area contributed by atoms with E-state index in [9.17, 15) is 22.8 Å². The van der Waals surface area contributed by atoms with Gasteiger partial charge in [0.15, 0.2) is 12.4 Å². The Balaban J connectivity index is 1.96. The van der Waals surface area contributed by atoms with Crippen LogP contribution in [0.25, 0.3) is 0 Å². The van der Waals surface area contributed by atoms with Gasteiger partial charge in [0, 0.05) is 17.7 Å². The molecule has 2 rings (SSSR count). The number of Topliss-reactive ketones (excluding diaryl/α,β-unsaturated/α-hetero) is 1. The van der Waals surface area contributed by atoms with Crippen molar-refractivity contribution >= 4 is 29.0 Å². The molecule has 2 aromatic carbocycles. The van der Waals surface area contributed by atoms with Crippen molar-refractivity contribution in [3.8, 4) is 5.75 Å². The minimum absolute atomic E-state index is 0.0162. The molecule has 1 amide bonds. The van der Waals surface area contributed by atoms with Gasteiger partial charge in [-0.3, -0.25) is 9.59 Å². The highest BCUT2D eigenvalue weighted by Crippen LogP contribution is 2.36. The fourth-order valence-corrected chi connectivity index (χ4v) is 2.33. The van der Waals surface area contributed by atoms with E-state index in [1.54, 1.807) is 31.2 Å². The third-order valence-corrected chi connectivity index (χ3v) is 3.75. The molecule has 0 atom stereocenters. The lowest BCUT2D eigenvalue weighted by Gasteiger charge is -2.12. The Labute approximate surface area is 152 Å². The molecule has 0 fully saturated rings. The molecule has 0 heterocycles.